The number of carbonyl (C=O) groups is 1. The van der Waals surface area contributed by atoms with E-state index in [1.165, 1.54) is 18.2 Å². The van der Waals surface area contributed by atoms with Crippen LogP contribution < -0.4 is 10.1 Å². The molecule has 4 nitrogen and oxygen atoms in total. The number of nitrogens with one attached hydrogen (secondary N) is 1. The van der Waals surface area contributed by atoms with E-state index in [-0.39, 0.29) is 17.6 Å². The molecule has 0 spiro atoms. The Morgan fingerprint density at radius 2 is 1.68 bits per heavy atom. The third-order valence-corrected chi connectivity index (χ3v) is 6.48. The number of hydrogen-bond acceptors (Lipinski definition) is 3. The van der Waals surface area contributed by atoms with Gasteiger partial charge in [-0.05, 0) is 61.8 Å². The Labute approximate surface area is 203 Å². The highest BCUT2D eigenvalue weighted by Gasteiger charge is 2.28. The van der Waals surface area contributed by atoms with Crippen LogP contribution in [0.1, 0.15) is 30.0 Å². The number of likely N-dealkylation sites (tertiary alicyclic amines) is 1. The normalized spacial score (nSPS) is 15.6. The summed E-state index contributed by atoms with van der Waals surface area (Å²) < 4.78 is 33.8. The molecule has 178 valence electrons. The van der Waals surface area contributed by atoms with E-state index in [0.29, 0.717) is 41.3 Å². The van der Waals surface area contributed by atoms with Gasteiger partial charge in [0.2, 0.25) is 5.91 Å². The Bertz CT molecular complexity index is 1100. The van der Waals surface area contributed by atoms with Gasteiger partial charge in [0.1, 0.15) is 24.0 Å². The average Bonchev–Trinajstić information content (AvgIpc) is 2.85. The topological polar surface area (TPSA) is 41.6 Å². The van der Waals surface area contributed by atoms with Crippen molar-refractivity contribution in [3.8, 4) is 5.75 Å². The molecule has 0 unspecified atom stereocenters. The van der Waals surface area contributed by atoms with Crippen molar-refractivity contribution >= 4 is 17.5 Å². The van der Waals surface area contributed by atoms with Crippen LogP contribution in [0.25, 0.3) is 0 Å². The number of amides is 1. The maximum absolute atomic E-state index is 14.6. The maximum atomic E-state index is 14.6. The number of para-hydroxylation sites is 1. The van der Waals surface area contributed by atoms with Crippen molar-refractivity contribution < 1.29 is 18.3 Å². The Morgan fingerprint density at radius 3 is 2.38 bits per heavy atom. The van der Waals surface area contributed by atoms with Crippen molar-refractivity contribution in [1.29, 1.82) is 0 Å². The Kier molecular flexibility index (Phi) is 8.14. The van der Waals surface area contributed by atoms with Crippen LogP contribution in [-0.4, -0.2) is 37.0 Å². The van der Waals surface area contributed by atoms with Crippen molar-refractivity contribution in [2.45, 2.75) is 18.9 Å². The van der Waals surface area contributed by atoms with Gasteiger partial charge in [0.25, 0.3) is 0 Å². The number of carbonyl (C=O) groups excluding carboxylic acids is 1. The molecule has 4 rings (SSSR count). The molecule has 1 fully saturated rings. The first-order valence-electron chi connectivity index (χ1n) is 11.4. The molecule has 0 radical (unpaired) electrons. The van der Waals surface area contributed by atoms with Gasteiger partial charge in [-0.15, -0.1) is 0 Å². The quantitative estimate of drug-likeness (QED) is 0.451. The summed E-state index contributed by atoms with van der Waals surface area (Å²) in [6.45, 7) is 2.79. The van der Waals surface area contributed by atoms with Crippen molar-refractivity contribution in [1.82, 2.24) is 10.2 Å². The van der Waals surface area contributed by atoms with E-state index in [1.54, 1.807) is 36.4 Å². The Hall–Kier alpha value is -2.96. The predicted molar refractivity (Wildman–Crippen MR) is 129 cm³/mol. The lowest BCUT2D eigenvalue weighted by molar-refractivity contribution is -0.127. The van der Waals surface area contributed by atoms with Crippen molar-refractivity contribution in [2.24, 2.45) is 5.92 Å². The van der Waals surface area contributed by atoms with E-state index in [4.69, 9.17) is 16.3 Å². The van der Waals surface area contributed by atoms with Gasteiger partial charge < -0.3 is 10.1 Å². The van der Waals surface area contributed by atoms with Crippen molar-refractivity contribution in [3.63, 3.8) is 0 Å². The molecule has 1 N–H and O–H groups in total. The zero-order chi connectivity index (χ0) is 23.9. The average molecular weight is 485 g/mol. The van der Waals surface area contributed by atoms with Gasteiger partial charge in [-0.2, -0.15) is 0 Å². The van der Waals surface area contributed by atoms with Crippen LogP contribution in [0.15, 0.2) is 72.8 Å². The molecular weight excluding hydrogens is 458 g/mol. The van der Waals surface area contributed by atoms with Crippen molar-refractivity contribution in [3.05, 3.63) is 101 Å². The molecule has 0 aromatic heterocycles. The summed E-state index contributed by atoms with van der Waals surface area (Å²) in [5.74, 6) is -0.419. The van der Waals surface area contributed by atoms with Crippen molar-refractivity contribution in [2.75, 3.05) is 26.2 Å². The van der Waals surface area contributed by atoms with E-state index < -0.39 is 11.9 Å². The molecule has 1 heterocycles. The monoisotopic (exact) mass is 484 g/mol. The van der Waals surface area contributed by atoms with Gasteiger partial charge >= 0.3 is 0 Å². The Balaban J connectivity index is 1.33. The molecule has 1 aliphatic heterocycles. The molecule has 0 saturated carbocycles. The number of rotatable bonds is 8. The second-order valence-corrected chi connectivity index (χ2v) is 8.82. The summed E-state index contributed by atoms with van der Waals surface area (Å²) in [7, 11) is 0. The predicted octanol–water partition coefficient (Wildman–Crippen LogP) is 5.61. The summed E-state index contributed by atoms with van der Waals surface area (Å²) >= 11 is 6.12. The number of benzene rings is 3. The maximum Gasteiger partial charge on any atom is 0.223 e. The zero-order valence-electron chi connectivity index (χ0n) is 18.7. The molecule has 3 aromatic carbocycles. The largest absolute Gasteiger partial charge is 0.491 e. The minimum absolute atomic E-state index is 0.121. The molecule has 1 amide bonds. The summed E-state index contributed by atoms with van der Waals surface area (Å²) in [5, 5.41) is 3.59. The van der Waals surface area contributed by atoms with Gasteiger partial charge in [0.05, 0.1) is 11.1 Å². The molecular formula is C27H27ClF2N2O2. The van der Waals surface area contributed by atoms with Crippen LogP contribution in [-0.2, 0) is 4.79 Å². The summed E-state index contributed by atoms with van der Waals surface area (Å²) in [5.41, 5.74) is 0.991. The molecule has 7 heteroatoms. The van der Waals surface area contributed by atoms with Crippen LogP contribution in [0, 0.1) is 17.6 Å². The highest BCUT2D eigenvalue weighted by Crippen LogP contribution is 2.27. The highest BCUT2D eigenvalue weighted by atomic mass is 35.5. The van der Waals surface area contributed by atoms with Gasteiger partial charge in [-0.1, -0.05) is 54.1 Å². The molecule has 0 aliphatic carbocycles. The second-order valence-electron chi connectivity index (χ2n) is 8.41. The lowest BCUT2D eigenvalue weighted by atomic mass is 9.93. The minimum atomic E-state index is -0.684. The van der Waals surface area contributed by atoms with Crippen LogP contribution in [0.5, 0.6) is 5.75 Å². The molecule has 34 heavy (non-hydrogen) atoms. The summed E-state index contributed by atoms with van der Waals surface area (Å²) in [4.78, 5) is 15.4. The van der Waals surface area contributed by atoms with E-state index in [1.807, 2.05) is 18.2 Å². The molecule has 1 aliphatic rings. The Morgan fingerprint density at radius 1 is 1.00 bits per heavy atom. The summed E-state index contributed by atoms with van der Waals surface area (Å²) in [6, 6.07) is 18.8. The standard InChI is InChI=1S/C27H27ClF2N2O2/c28-23-6-2-4-8-25(23)34-18-17-32-15-13-20(14-16-32)27(33)31-26(19-9-11-21(29)12-10-19)22-5-1-3-7-24(22)30/h1-12,20,26H,13-18H2,(H,31,33)/t26-/m1/s1. The fraction of sp³-hybridized carbons (Fsp3) is 0.296. The lowest BCUT2D eigenvalue weighted by Crippen LogP contribution is -2.43. The van der Waals surface area contributed by atoms with E-state index in [9.17, 15) is 13.6 Å². The third-order valence-electron chi connectivity index (χ3n) is 6.17. The molecule has 1 atom stereocenters. The summed E-state index contributed by atoms with van der Waals surface area (Å²) in [6.07, 6.45) is 1.40. The molecule has 3 aromatic rings. The minimum Gasteiger partial charge on any atom is -0.491 e. The number of halogens is 3. The van der Waals surface area contributed by atoms with Gasteiger partial charge in [0.15, 0.2) is 0 Å². The van der Waals surface area contributed by atoms with Crippen LogP contribution in [0.3, 0.4) is 0 Å². The van der Waals surface area contributed by atoms with E-state index in [2.05, 4.69) is 10.2 Å². The first-order valence-corrected chi connectivity index (χ1v) is 11.8. The third kappa shape index (κ3) is 6.13. The fourth-order valence-corrected chi connectivity index (χ4v) is 4.42. The highest BCUT2D eigenvalue weighted by molar-refractivity contribution is 6.32. The molecule has 1 saturated heterocycles. The zero-order valence-corrected chi connectivity index (χ0v) is 19.5. The van der Waals surface area contributed by atoms with Crippen LogP contribution in [0.4, 0.5) is 8.78 Å². The number of ether oxygens (including phenoxy) is 1. The number of nitrogens with zero attached hydrogens (tertiary/aromatic N) is 1. The van der Waals surface area contributed by atoms with Crippen LogP contribution in [0.2, 0.25) is 5.02 Å². The van der Waals surface area contributed by atoms with Crippen LogP contribution >= 0.6 is 11.6 Å². The first-order chi connectivity index (χ1) is 16.5. The SMILES string of the molecule is O=C(N[C@H](c1ccc(F)cc1)c1ccccc1F)C1CCN(CCOc2ccccc2Cl)CC1. The smallest absolute Gasteiger partial charge is 0.223 e. The van der Waals surface area contributed by atoms with E-state index in [0.717, 1.165) is 19.6 Å². The number of piperidine rings is 1. The lowest BCUT2D eigenvalue weighted by Gasteiger charge is -2.32. The second kappa shape index (κ2) is 11.4. The van der Waals surface area contributed by atoms with Gasteiger partial charge in [0, 0.05) is 18.0 Å². The molecule has 0 bridgehead atoms. The number of hydrogen-bond donors (Lipinski definition) is 1. The van der Waals surface area contributed by atoms with Gasteiger partial charge in [-0.25, -0.2) is 8.78 Å². The fourth-order valence-electron chi connectivity index (χ4n) is 4.23. The van der Waals surface area contributed by atoms with E-state index >= 15 is 0 Å². The van der Waals surface area contributed by atoms with Gasteiger partial charge in [-0.3, -0.25) is 9.69 Å². The first kappa shape index (κ1) is 24.2.